The van der Waals surface area contributed by atoms with Crippen molar-refractivity contribution in [3.05, 3.63) is 41.3 Å². The summed E-state index contributed by atoms with van der Waals surface area (Å²) in [6, 6.07) is 8.48. The molecule has 0 aromatic heterocycles. The van der Waals surface area contributed by atoms with Crippen molar-refractivity contribution in [1.29, 1.82) is 0 Å². The number of benzene rings is 1. The Kier molecular flexibility index (Phi) is 6.44. The molecule has 1 aromatic rings. The van der Waals surface area contributed by atoms with Crippen molar-refractivity contribution in [1.82, 2.24) is 20.0 Å². The van der Waals surface area contributed by atoms with Crippen LogP contribution in [-0.2, 0) is 4.79 Å². The molecule has 0 unspecified atom stereocenters. The number of nitrogens with zero attached hydrogens (tertiary/aromatic N) is 5. The van der Waals surface area contributed by atoms with Gasteiger partial charge in [-0.3, -0.25) is 14.9 Å². The van der Waals surface area contributed by atoms with Crippen LogP contribution in [0.1, 0.15) is 55.3 Å². The molecule has 2 amide bonds. The van der Waals surface area contributed by atoms with Crippen LogP contribution >= 0.6 is 0 Å². The van der Waals surface area contributed by atoms with E-state index in [9.17, 15) is 9.59 Å². The third-order valence-electron chi connectivity index (χ3n) is 8.98. The number of nitrogens with one attached hydrogen (secondary N) is 2. The lowest BCUT2D eigenvalue weighted by Crippen LogP contribution is -2.48. The van der Waals surface area contributed by atoms with Gasteiger partial charge in [-0.25, -0.2) is 4.48 Å². The van der Waals surface area contributed by atoms with Gasteiger partial charge in [0, 0.05) is 43.3 Å². The minimum atomic E-state index is -0.00119. The molecule has 198 valence electrons. The lowest BCUT2D eigenvalue weighted by molar-refractivity contribution is -0.696. The van der Waals surface area contributed by atoms with Crippen LogP contribution in [0, 0.1) is 0 Å². The van der Waals surface area contributed by atoms with Gasteiger partial charge in [-0.15, -0.1) is 0 Å². The monoisotopic (exact) mass is 506 g/mol. The van der Waals surface area contributed by atoms with E-state index in [1.807, 2.05) is 36.2 Å². The first-order valence-electron chi connectivity index (χ1n) is 14.0. The summed E-state index contributed by atoms with van der Waals surface area (Å²) in [6.45, 7) is 5.62. The van der Waals surface area contributed by atoms with E-state index in [4.69, 9.17) is 4.99 Å². The van der Waals surface area contributed by atoms with Crippen LogP contribution < -0.4 is 10.6 Å². The Labute approximate surface area is 219 Å². The molecule has 2 saturated heterocycles. The first-order chi connectivity index (χ1) is 17.9. The van der Waals surface area contributed by atoms with Gasteiger partial charge in [-0.1, -0.05) is 12.8 Å². The first kappa shape index (κ1) is 24.4. The lowest BCUT2D eigenvalue weighted by atomic mass is 10.0. The van der Waals surface area contributed by atoms with Crippen LogP contribution in [0.25, 0.3) is 0 Å². The highest BCUT2D eigenvalue weighted by atomic mass is 16.2. The zero-order valence-corrected chi connectivity index (χ0v) is 22.2. The van der Waals surface area contributed by atoms with Crippen LogP contribution in [0.15, 0.2) is 40.8 Å². The number of aliphatic imine (C=N–C) groups is 1. The number of likely N-dealkylation sites (tertiary alicyclic amines) is 1. The van der Waals surface area contributed by atoms with Crippen molar-refractivity contribution >= 4 is 23.5 Å². The molecule has 6 rings (SSSR count). The predicted octanol–water partition coefficient (Wildman–Crippen LogP) is 2.40. The van der Waals surface area contributed by atoms with Crippen molar-refractivity contribution < 1.29 is 14.1 Å². The van der Waals surface area contributed by atoms with E-state index >= 15 is 0 Å². The summed E-state index contributed by atoms with van der Waals surface area (Å²) in [6.07, 6.45) is 7.39. The van der Waals surface area contributed by atoms with Gasteiger partial charge >= 0.3 is 5.96 Å². The number of anilines is 1. The molecular formula is C28H40N7O2+. The number of rotatable bonds is 4. The van der Waals surface area contributed by atoms with Gasteiger partial charge in [0.25, 0.3) is 5.91 Å². The molecule has 4 aliphatic heterocycles. The molecule has 1 spiro atoms. The molecule has 5 aliphatic rings. The van der Waals surface area contributed by atoms with E-state index in [-0.39, 0.29) is 17.9 Å². The zero-order chi connectivity index (χ0) is 25.6. The van der Waals surface area contributed by atoms with E-state index in [1.54, 1.807) is 0 Å². The second-order valence-electron chi connectivity index (χ2n) is 11.5. The summed E-state index contributed by atoms with van der Waals surface area (Å²) in [5.41, 5.74) is 2.69. The lowest BCUT2D eigenvalue weighted by Gasteiger charge is -2.35. The maximum absolute atomic E-state index is 12.8. The third-order valence-corrected chi connectivity index (χ3v) is 8.98. The van der Waals surface area contributed by atoms with Crippen LogP contribution in [0.4, 0.5) is 5.69 Å². The fourth-order valence-corrected chi connectivity index (χ4v) is 6.29. The Morgan fingerprint density at radius 2 is 1.70 bits per heavy atom. The van der Waals surface area contributed by atoms with Crippen molar-refractivity contribution in [2.75, 3.05) is 58.7 Å². The van der Waals surface area contributed by atoms with Gasteiger partial charge in [0.1, 0.15) is 25.3 Å². The Morgan fingerprint density at radius 1 is 1.00 bits per heavy atom. The number of hydrogen-bond acceptors (Lipinski definition) is 6. The summed E-state index contributed by atoms with van der Waals surface area (Å²) in [4.78, 5) is 37.4. The Hall–Kier alpha value is -2.91. The molecule has 3 fully saturated rings. The molecule has 0 bridgehead atoms. The number of hydrogen-bond donors (Lipinski definition) is 2. The maximum atomic E-state index is 12.8. The molecule has 0 atom stereocenters. The number of quaternary nitrogens is 1. The predicted molar refractivity (Wildman–Crippen MR) is 144 cm³/mol. The molecule has 2 N–H and O–H groups in total. The fourth-order valence-electron chi connectivity index (χ4n) is 6.29. The molecule has 1 saturated carbocycles. The molecule has 1 aromatic carbocycles. The summed E-state index contributed by atoms with van der Waals surface area (Å²) >= 11 is 0. The summed E-state index contributed by atoms with van der Waals surface area (Å²) in [5, 5.41) is 6.80. The molecule has 4 heterocycles. The number of carbonyl (C=O) groups excluding carboxylic acids is 2. The van der Waals surface area contributed by atoms with Crippen LogP contribution in [0.3, 0.4) is 0 Å². The van der Waals surface area contributed by atoms with Gasteiger partial charge in [0.05, 0.1) is 0 Å². The van der Waals surface area contributed by atoms with E-state index < -0.39 is 0 Å². The fraction of sp³-hybridized carbons (Fsp3) is 0.607. The van der Waals surface area contributed by atoms with Crippen LogP contribution in [-0.4, -0.2) is 102 Å². The number of likely N-dealkylation sites (N-methyl/N-ethyl adjacent to an activating group) is 1. The maximum Gasteiger partial charge on any atom is 0.309 e. The zero-order valence-electron chi connectivity index (χ0n) is 22.2. The molecule has 9 heteroatoms. The largest absolute Gasteiger partial charge is 0.351 e. The summed E-state index contributed by atoms with van der Waals surface area (Å²) in [5.74, 6) is 2.12. The second-order valence-corrected chi connectivity index (χ2v) is 11.5. The second kappa shape index (κ2) is 9.76. The highest BCUT2D eigenvalue weighted by Crippen LogP contribution is 2.38. The Balaban J connectivity index is 1.20. The highest BCUT2D eigenvalue weighted by Gasteiger charge is 2.53. The van der Waals surface area contributed by atoms with Crippen LogP contribution in [0.5, 0.6) is 0 Å². The molecule has 1 aliphatic carbocycles. The SMILES string of the molecule is CN1CCC(NC(=O)c2ccc(NC3=NC4=C(C[N+]35CC5)N(C)C(=O)CCN4C3CCCC3)cc2)CC1. The quantitative estimate of drug-likeness (QED) is 0.484. The van der Waals surface area contributed by atoms with E-state index in [1.165, 1.54) is 25.7 Å². The Bertz CT molecular complexity index is 1110. The van der Waals surface area contributed by atoms with E-state index in [0.29, 0.717) is 18.0 Å². The summed E-state index contributed by atoms with van der Waals surface area (Å²) < 4.78 is 0.757. The van der Waals surface area contributed by atoms with Gasteiger partial charge in [0.2, 0.25) is 5.91 Å². The van der Waals surface area contributed by atoms with E-state index in [2.05, 4.69) is 27.5 Å². The van der Waals surface area contributed by atoms with Gasteiger partial charge in [-0.2, -0.15) is 4.99 Å². The van der Waals surface area contributed by atoms with Crippen molar-refractivity contribution in [3.8, 4) is 0 Å². The minimum absolute atomic E-state index is 0.00119. The Morgan fingerprint density at radius 3 is 2.38 bits per heavy atom. The van der Waals surface area contributed by atoms with Crippen LogP contribution in [0.2, 0.25) is 0 Å². The minimum Gasteiger partial charge on any atom is -0.351 e. The first-order valence-corrected chi connectivity index (χ1v) is 14.0. The normalized spacial score (nSPS) is 24.7. The number of piperidine rings is 1. The van der Waals surface area contributed by atoms with Crippen molar-refractivity contribution in [3.63, 3.8) is 0 Å². The smallest absolute Gasteiger partial charge is 0.309 e. The third kappa shape index (κ3) is 4.86. The van der Waals surface area contributed by atoms with Gasteiger partial charge in [0.15, 0.2) is 5.82 Å². The molecule has 0 radical (unpaired) electrons. The average Bonchev–Trinajstić information content (AvgIpc) is 3.49. The summed E-state index contributed by atoms with van der Waals surface area (Å²) in [7, 11) is 4.04. The molecule has 9 nitrogen and oxygen atoms in total. The molecule has 37 heavy (non-hydrogen) atoms. The van der Waals surface area contributed by atoms with Gasteiger partial charge in [-0.05, 0) is 70.1 Å². The van der Waals surface area contributed by atoms with Gasteiger partial charge < -0.3 is 20.0 Å². The molecular weight excluding hydrogens is 466 g/mol. The number of amides is 2. The number of carbonyl (C=O) groups is 2. The highest BCUT2D eigenvalue weighted by molar-refractivity contribution is 5.96. The standard InChI is InChI=1S/C28H39N7O2/c1-32-14-11-22(12-15-32)29-27(37)20-7-9-21(10-8-20)30-28-31-26-24(19-35(28)17-18-35)33(2)25(36)13-16-34(26)23-5-3-4-6-23/h7-10,22-23H,3-6,11-19H2,1-2H3,(H-,29,30,31,37)/p+1. The van der Waals surface area contributed by atoms with Crippen molar-refractivity contribution in [2.24, 2.45) is 4.99 Å². The number of guanidine groups is 1. The average molecular weight is 507 g/mol. The van der Waals surface area contributed by atoms with E-state index in [0.717, 1.165) is 79.8 Å². The topological polar surface area (TPSA) is 80.3 Å². The van der Waals surface area contributed by atoms with Crippen molar-refractivity contribution in [2.45, 2.75) is 57.0 Å².